The van der Waals surface area contributed by atoms with Crippen LogP contribution in [0.1, 0.15) is 25.8 Å². The minimum absolute atomic E-state index is 0.218. The van der Waals surface area contributed by atoms with E-state index < -0.39 is 0 Å². The van der Waals surface area contributed by atoms with E-state index in [0.717, 1.165) is 17.7 Å². The van der Waals surface area contributed by atoms with Gasteiger partial charge in [-0.05, 0) is 48.2 Å². The third-order valence-corrected chi connectivity index (χ3v) is 3.90. The van der Waals surface area contributed by atoms with Gasteiger partial charge in [0.25, 0.3) is 0 Å². The van der Waals surface area contributed by atoms with Gasteiger partial charge in [0.15, 0.2) is 11.5 Å². The summed E-state index contributed by atoms with van der Waals surface area (Å²) in [6.07, 6.45) is 4.19. The monoisotopic (exact) mass is 369 g/mol. The second-order valence-corrected chi connectivity index (χ2v) is 6.50. The second-order valence-electron chi connectivity index (χ2n) is 6.50. The van der Waals surface area contributed by atoms with Gasteiger partial charge < -0.3 is 19.5 Å². The normalized spacial score (nSPS) is 10.9. The molecule has 0 aromatic heterocycles. The molecule has 0 aliphatic heterocycles. The summed E-state index contributed by atoms with van der Waals surface area (Å²) in [5.74, 6) is 2.38. The van der Waals surface area contributed by atoms with Crippen molar-refractivity contribution in [2.45, 2.75) is 20.3 Å². The van der Waals surface area contributed by atoms with Crippen molar-refractivity contribution in [3.8, 4) is 17.2 Å². The predicted octanol–water partition coefficient (Wildman–Crippen LogP) is 4.78. The standard InChI is InChI=1S/C22H27NO4/c1-16(2)12-13-27-19-7-5-6-18(15-19)23-22(24)11-9-17-8-10-20(25-3)21(14-17)26-4/h5-11,14-16H,12-13H2,1-4H3,(H,23,24)/b11-9+. The van der Waals surface area contributed by atoms with Crippen molar-refractivity contribution in [3.63, 3.8) is 0 Å². The van der Waals surface area contributed by atoms with E-state index in [1.165, 1.54) is 6.08 Å². The van der Waals surface area contributed by atoms with E-state index in [-0.39, 0.29) is 5.91 Å². The topological polar surface area (TPSA) is 56.8 Å². The summed E-state index contributed by atoms with van der Waals surface area (Å²) in [6, 6.07) is 12.9. The number of hydrogen-bond donors (Lipinski definition) is 1. The Bertz CT molecular complexity index is 784. The first kappa shape index (κ1) is 20.4. The molecule has 5 nitrogen and oxygen atoms in total. The lowest BCUT2D eigenvalue weighted by atomic mass is 10.1. The van der Waals surface area contributed by atoms with E-state index in [0.29, 0.717) is 29.7 Å². The molecule has 0 bridgehead atoms. The van der Waals surface area contributed by atoms with E-state index in [2.05, 4.69) is 19.2 Å². The maximum atomic E-state index is 12.2. The molecule has 0 atom stereocenters. The lowest BCUT2D eigenvalue weighted by Crippen LogP contribution is -2.08. The fraction of sp³-hybridized carbons (Fsp3) is 0.318. The Labute approximate surface area is 161 Å². The highest BCUT2D eigenvalue weighted by Crippen LogP contribution is 2.28. The lowest BCUT2D eigenvalue weighted by Gasteiger charge is -2.10. The molecule has 2 rings (SSSR count). The molecular formula is C22H27NO4. The molecule has 0 aliphatic carbocycles. The quantitative estimate of drug-likeness (QED) is 0.646. The Balaban J connectivity index is 1.96. The highest BCUT2D eigenvalue weighted by atomic mass is 16.5. The molecular weight excluding hydrogens is 342 g/mol. The van der Waals surface area contributed by atoms with Crippen LogP contribution >= 0.6 is 0 Å². The van der Waals surface area contributed by atoms with Crippen LogP contribution in [0.15, 0.2) is 48.5 Å². The SMILES string of the molecule is COc1ccc(/C=C/C(=O)Nc2cccc(OCCC(C)C)c2)cc1OC. The molecule has 0 aliphatic rings. The van der Waals surface area contributed by atoms with Gasteiger partial charge in [-0.1, -0.05) is 26.0 Å². The third-order valence-electron chi connectivity index (χ3n) is 3.90. The first-order chi connectivity index (χ1) is 13.0. The Morgan fingerprint density at radius 3 is 2.56 bits per heavy atom. The number of carbonyl (C=O) groups is 1. The first-order valence-corrected chi connectivity index (χ1v) is 8.95. The molecule has 0 heterocycles. The molecule has 5 heteroatoms. The average Bonchev–Trinajstić information content (AvgIpc) is 2.66. The Morgan fingerprint density at radius 1 is 1.07 bits per heavy atom. The summed E-state index contributed by atoms with van der Waals surface area (Å²) in [4.78, 5) is 12.2. The number of carbonyl (C=O) groups excluding carboxylic acids is 1. The maximum Gasteiger partial charge on any atom is 0.248 e. The third kappa shape index (κ3) is 6.70. The molecule has 144 valence electrons. The summed E-state index contributed by atoms with van der Waals surface area (Å²) >= 11 is 0. The van der Waals surface area contributed by atoms with Crippen LogP contribution in [0, 0.1) is 5.92 Å². The minimum Gasteiger partial charge on any atom is -0.494 e. The molecule has 0 saturated carbocycles. The Hall–Kier alpha value is -2.95. The average molecular weight is 369 g/mol. The number of ether oxygens (including phenoxy) is 3. The number of benzene rings is 2. The van der Waals surface area contributed by atoms with Crippen LogP contribution in [0.3, 0.4) is 0 Å². The van der Waals surface area contributed by atoms with Gasteiger partial charge in [0, 0.05) is 17.8 Å². The summed E-state index contributed by atoms with van der Waals surface area (Å²) < 4.78 is 16.2. The number of rotatable bonds is 9. The van der Waals surface area contributed by atoms with Crippen molar-refractivity contribution < 1.29 is 19.0 Å². The Kier molecular flexibility index (Phi) is 7.74. The molecule has 1 amide bonds. The van der Waals surface area contributed by atoms with Gasteiger partial charge in [0.1, 0.15) is 5.75 Å². The molecule has 0 spiro atoms. The van der Waals surface area contributed by atoms with Crippen molar-refractivity contribution in [2.24, 2.45) is 5.92 Å². The van der Waals surface area contributed by atoms with Gasteiger partial charge in [-0.15, -0.1) is 0 Å². The summed E-state index contributed by atoms with van der Waals surface area (Å²) in [6.45, 7) is 4.98. The fourth-order valence-electron chi connectivity index (χ4n) is 2.39. The van der Waals surface area contributed by atoms with E-state index in [4.69, 9.17) is 14.2 Å². The molecule has 0 saturated heterocycles. The first-order valence-electron chi connectivity index (χ1n) is 8.95. The Morgan fingerprint density at radius 2 is 1.85 bits per heavy atom. The number of anilines is 1. The molecule has 1 N–H and O–H groups in total. The molecule has 0 unspecified atom stereocenters. The minimum atomic E-state index is -0.218. The largest absolute Gasteiger partial charge is 0.494 e. The van der Waals surface area contributed by atoms with Crippen LogP contribution in [0.4, 0.5) is 5.69 Å². The van der Waals surface area contributed by atoms with Crippen molar-refractivity contribution in [2.75, 3.05) is 26.1 Å². The second kappa shape index (κ2) is 10.3. The zero-order chi connectivity index (χ0) is 19.6. The van der Waals surface area contributed by atoms with E-state index >= 15 is 0 Å². The highest BCUT2D eigenvalue weighted by Gasteiger charge is 2.04. The van der Waals surface area contributed by atoms with Crippen LogP contribution in [-0.2, 0) is 4.79 Å². The molecule has 27 heavy (non-hydrogen) atoms. The van der Waals surface area contributed by atoms with E-state index in [1.54, 1.807) is 26.4 Å². The van der Waals surface area contributed by atoms with Crippen molar-refractivity contribution in [1.82, 2.24) is 0 Å². The summed E-state index contributed by atoms with van der Waals surface area (Å²) in [5, 5.41) is 2.84. The van der Waals surface area contributed by atoms with E-state index in [9.17, 15) is 4.79 Å². The number of methoxy groups -OCH3 is 2. The van der Waals surface area contributed by atoms with Crippen molar-refractivity contribution in [3.05, 3.63) is 54.1 Å². The van der Waals surface area contributed by atoms with Gasteiger partial charge in [-0.25, -0.2) is 0 Å². The molecule has 2 aromatic carbocycles. The van der Waals surface area contributed by atoms with E-state index in [1.807, 2.05) is 36.4 Å². The number of hydrogen-bond acceptors (Lipinski definition) is 4. The fourth-order valence-corrected chi connectivity index (χ4v) is 2.39. The maximum absolute atomic E-state index is 12.2. The van der Waals surface area contributed by atoms with Crippen LogP contribution < -0.4 is 19.5 Å². The van der Waals surface area contributed by atoms with Gasteiger partial charge in [-0.2, -0.15) is 0 Å². The zero-order valence-electron chi connectivity index (χ0n) is 16.3. The molecule has 0 radical (unpaired) electrons. The molecule has 0 fully saturated rings. The van der Waals surface area contributed by atoms with Gasteiger partial charge in [0.05, 0.1) is 20.8 Å². The number of nitrogens with one attached hydrogen (secondary N) is 1. The van der Waals surface area contributed by atoms with Gasteiger partial charge in [0.2, 0.25) is 5.91 Å². The van der Waals surface area contributed by atoms with Crippen LogP contribution in [0.25, 0.3) is 6.08 Å². The van der Waals surface area contributed by atoms with Crippen LogP contribution in [0.5, 0.6) is 17.2 Å². The predicted molar refractivity (Wildman–Crippen MR) is 109 cm³/mol. The zero-order valence-corrected chi connectivity index (χ0v) is 16.3. The van der Waals surface area contributed by atoms with Gasteiger partial charge >= 0.3 is 0 Å². The van der Waals surface area contributed by atoms with Crippen molar-refractivity contribution in [1.29, 1.82) is 0 Å². The summed E-state index contributed by atoms with van der Waals surface area (Å²) in [5.41, 5.74) is 1.53. The number of amides is 1. The summed E-state index contributed by atoms with van der Waals surface area (Å²) in [7, 11) is 3.16. The molecule has 2 aromatic rings. The van der Waals surface area contributed by atoms with Gasteiger partial charge in [-0.3, -0.25) is 4.79 Å². The van der Waals surface area contributed by atoms with Crippen molar-refractivity contribution >= 4 is 17.7 Å². The van der Waals surface area contributed by atoms with Crippen LogP contribution in [-0.4, -0.2) is 26.7 Å². The lowest BCUT2D eigenvalue weighted by molar-refractivity contribution is -0.111. The highest BCUT2D eigenvalue weighted by molar-refractivity contribution is 6.02. The smallest absolute Gasteiger partial charge is 0.248 e. The van der Waals surface area contributed by atoms with Crippen LogP contribution in [0.2, 0.25) is 0 Å².